The quantitative estimate of drug-likeness (QED) is 0.0262. The average molecular weight is 878 g/mol. The minimum absolute atomic E-state index is 0.188. The van der Waals surface area contributed by atoms with Gasteiger partial charge in [0.2, 0.25) is 5.91 Å². The molecule has 0 aliphatic carbocycles. The number of allylic oxidation sites excluding steroid dienone is 5. The van der Waals surface area contributed by atoms with Crippen molar-refractivity contribution in [3.05, 3.63) is 36.5 Å². The lowest BCUT2D eigenvalue weighted by molar-refractivity contribution is -0.302. The van der Waals surface area contributed by atoms with E-state index in [9.17, 15) is 30.3 Å². The second-order valence-electron chi connectivity index (χ2n) is 18.3. The third-order valence-electron chi connectivity index (χ3n) is 12.4. The van der Waals surface area contributed by atoms with Gasteiger partial charge in [-0.05, 0) is 57.8 Å². The molecule has 1 saturated heterocycles. The maximum Gasteiger partial charge on any atom is 0.220 e. The number of aliphatic hydroxyl groups is 5. The number of hydrogen-bond donors (Lipinski definition) is 6. The first kappa shape index (κ1) is 58.4. The molecular formula is C53H99NO8. The van der Waals surface area contributed by atoms with E-state index in [1.807, 2.05) is 6.08 Å². The highest BCUT2D eigenvalue weighted by Gasteiger charge is 2.44. The van der Waals surface area contributed by atoms with Gasteiger partial charge >= 0.3 is 0 Å². The molecule has 1 aliphatic heterocycles. The van der Waals surface area contributed by atoms with Crippen LogP contribution in [0.25, 0.3) is 0 Å². The van der Waals surface area contributed by atoms with Gasteiger partial charge in [0.1, 0.15) is 24.4 Å². The Labute approximate surface area is 381 Å². The van der Waals surface area contributed by atoms with Crippen LogP contribution in [0.15, 0.2) is 36.5 Å². The monoisotopic (exact) mass is 878 g/mol. The van der Waals surface area contributed by atoms with Crippen LogP contribution < -0.4 is 5.32 Å². The van der Waals surface area contributed by atoms with Gasteiger partial charge in [-0.3, -0.25) is 4.79 Å². The second kappa shape index (κ2) is 43.3. The SMILES string of the molecule is CCCCCCCCCC/C=C/CC/C=C/C(O)C(COC1OC(CO)C(O)C(O)C1O)NC(=O)CCCCCCCCCCC/C=C\CCCCCCCCCCCCCC. The number of hydrogen-bond acceptors (Lipinski definition) is 8. The minimum atomic E-state index is -1.57. The first-order valence-electron chi connectivity index (χ1n) is 26.2. The van der Waals surface area contributed by atoms with Crippen molar-refractivity contribution in [2.45, 2.75) is 281 Å². The molecule has 0 aromatic carbocycles. The second-order valence-corrected chi connectivity index (χ2v) is 18.3. The smallest absolute Gasteiger partial charge is 0.220 e. The summed E-state index contributed by atoms with van der Waals surface area (Å²) in [7, 11) is 0. The standard InChI is InChI=1S/C53H99NO8/c1-3-5-7-9-11-13-15-17-19-20-21-22-23-24-25-26-27-28-29-31-33-35-37-39-41-43-49(57)54-46(45-61-53-52(60)51(59)50(58)48(44-55)62-53)47(56)42-40-38-36-34-32-30-18-16-14-12-10-8-6-4-2/h24-25,32,34,40,42,46-48,50-53,55-56,58-60H,3-23,26-31,33,35-39,41,43-45H2,1-2H3,(H,54,57)/b25-24-,34-32+,42-40+. The molecule has 7 unspecified atom stereocenters. The molecule has 1 fully saturated rings. The summed E-state index contributed by atoms with van der Waals surface area (Å²) in [5.41, 5.74) is 0. The summed E-state index contributed by atoms with van der Waals surface area (Å²) in [4.78, 5) is 13.0. The summed E-state index contributed by atoms with van der Waals surface area (Å²) in [6.45, 7) is 3.76. The van der Waals surface area contributed by atoms with Crippen LogP contribution in [-0.2, 0) is 14.3 Å². The summed E-state index contributed by atoms with van der Waals surface area (Å²) in [6, 6.07) is -0.821. The number of amides is 1. The summed E-state index contributed by atoms with van der Waals surface area (Å²) in [5.74, 6) is -0.188. The average Bonchev–Trinajstić information content (AvgIpc) is 3.27. The van der Waals surface area contributed by atoms with E-state index < -0.39 is 49.5 Å². The summed E-state index contributed by atoms with van der Waals surface area (Å²) in [6.07, 6.45) is 47.8. The topological polar surface area (TPSA) is 149 Å². The van der Waals surface area contributed by atoms with Crippen LogP contribution in [-0.4, -0.2) is 87.5 Å². The van der Waals surface area contributed by atoms with Crippen molar-refractivity contribution in [1.29, 1.82) is 0 Å². The lowest BCUT2D eigenvalue weighted by Gasteiger charge is -2.40. The Balaban J connectivity index is 2.25. The fourth-order valence-corrected chi connectivity index (χ4v) is 8.23. The number of carbonyl (C=O) groups is 1. The van der Waals surface area contributed by atoms with Crippen LogP contribution in [0, 0.1) is 0 Å². The predicted molar refractivity (Wildman–Crippen MR) is 258 cm³/mol. The zero-order valence-electron chi connectivity index (χ0n) is 40.1. The molecule has 0 aromatic rings. The van der Waals surface area contributed by atoms with Gasteiger partial charge in [0.25, 0.3) is 0 Å². The zero-order chi connectivity index (χ0) is 45.1. The zero-order valence-corrected chi connectivity index (χ0v) is 40.1. The first-order valence-corrected chi connectivity index (χ1v) is 26.2. The molecule has 9 nitrogen and oxygen atoms in total. The number of nitrogens with one attached hydrogen (secondary N) is 1. The number of ether oxygens (including phenoxy) is 2. The molecule has 1 aliphatic rings. The molecule has 0 saturated carbocycles. The molecule has 1 amide bonds. The van der Waals surface area contributed by atoms with Gasteiger partial charge < -0.3 is 40.3 Å². The van der Waals surface area contributed by atoms with Gasteiger partial charge in [-0.1, -0.05) is 211 Å². The Morgan fingerprint density at radius 1 is 0.532 bits per heavy atom. The van der Waals surface area contributed by atoms with Gasteiger partial charge in [0, 0.05) is 6.42 Å². The Bertz CT molecular complexity index is 1070. The Morgan fingerprint density at radius 2 is 0.919 bits per heavy atom. The van der Waals surface area contributed by atoms with E-state index in [1.165, 1.54) is 180 Å². The van der Waals surface area contributed by atoms with E-state index in [-0.39, 0.29) is 12.5 Å². The normalized spacial score (nSPS) is 20.5. The molecule has 364 valence electrons. The maximum absolute atomic E-state index is 13.0. The highest BCUT2D eigenvalue weighted by atomic mass is 16.7. The van der Waals surface area contributed by atoms with Crippen LogP contribution in [0.5, 0.6) is 0 Å². The van der Waals surface area contributed by atoms with Gasteiger partial charge in [-0.2, -0.15) is 0 Å². The van der Waals surface area contributed by atoms with E-state index in [0.717, 1.165) is 38.5 Å². The van der Waals surface area contributed by atoms with Gasteiger partial charge in [0.15, 0.2) is 6.29 Å². The van der Waals surface area contributed by atoms with Gasteiger partial charge in [-0.15, -0.1) is 0 Å². The number of unbranched alkanes of at least 4 members (excludes halogenated alkanes) is 30. The number of carbonyl (C=O) groups excluding carboxylic acids is 1. The predicted octanol–water partition coefficient (Wildman–Crippen LogP) is 12.0. The van der Waals surface area contributed by atoms with Crippen LogP contribution in [0.3, 0.4) is 0 Å². The molecule has 0 bridgehead atoms. The van der Waals surface area contributed by atoms with E-state index in [2.05, 4.69) is 43.5 Å². The maximum atomic E-state index is 13.0. The van der Waals surface area contributed by atoms with Gasteiger partial charge in [-0.25, -0.2) is 0 Å². The van der Waals surface area contributed by atoms with Crippen LogP contribution in [0.1, 0.15) is 239 Å². The van der Waals surface area contributed by atoms with Crippen molar-refractivity contribution >= 4 is 5.91 Å². The molecule has 0 spiro atoms. The summed E-state index contributed by atoms with van der Waals surface area (Å²) in [5, 5.41) is 54.3. The van der Waals surface area contributed by atoms with Crippen molar-refractivity contribution in [1.82, 2.24) is 5.32 Å². The van der Waals surface area contributed by atoms with Gasteiger partial charge in [0.05, 0.1) is 25.4 Å². The van der Waals surface area contributed by atoms with E-state index in [1.54, 1.807) is 6.08 Å². The van der Waals surface area contributed by atoms with Crippen molar-refractivity contribution < 1.29 is 39.8 Å². The lowest BCUT2D eigenvalue weighted by Crippen LogP contribution is -2.60. The van der Waals surface area contributed by atoms with E-state index >= 15 is 0 Å². The largest absolute Gasteiger partial charge is 0.394 e. The number of rotatable bonds is 44. The molecule has 1 rings (SSSR count). The molecule has 1 heterocycles. The van der Waals surface area contributed by atoms with Crippen molar-refractivity contribution in [2.75, 3.05) is 13.2 Å². The molecule has 62 heavy (non-hydrogen) atoms. The highest BCUT2D eigenvalue weighted by Crippen LogP contribution is 2.23. The van der Waals surface area contributed by atoms with E-state index in [4.69, 9.17) is 9.47 Å². The van der Waals surface area contributed by atoms with E-state index in [0.29, 0.717) is 6.42 Å². The molecule has 7 atom stereocenters. The Morgan fingerprint density at radius 3 is 1.35 bits per heavy atom. The van der Waals surface area contributed by atoms with Crippen LogP contribution in [0.4, 0.5) is 0 Å². The van der Waals surface area contributed by atoms with Crippen LogP contribution >= 0.6 is 0 Å². The molecule has 0 aromatic heterocycles. The van der Waals surface area contributed by atoms with Crippen LogP contribution in [0.2, 0.25) is 0 Å². The highest BCUT2D eigenvalue weighted by molar-refractivity contribution is 5.76. The third-order valence-corrected chi connectivity index (χ3v) is 12.4. The third kappa shape index (κ3) is 33.0. The minimum Gasteiger partial charge on any atom is -0.394 e. The Hall–Kier alpha value is -1.59. The lowest BCUT2D eigenvalue weighted by atomic mass is 9.99. The fourth-order valence-electron chi connectivity index (χ4n) is 8.23. The molecular weight excluding hydrogens is 779 g/mol. The Kier molecular flexibility index (Phi) is 40.8. The molecule has 6 N–H and O–H groups in total. The van der Waals surface area contributed by atoms with Crippen molar-refractivity contribution in [2.24, 2.45) is 0 Å². The number of aliphatic hydroxyl groups excluding tert-OH is 5. The van der Waals surface area contributed by atoms with Crippen molar-refractivity contribution in [3.63, 3.8) is 0 Å². The molecule has 0 radical (unpaired) electrons. The van der Waals surface area contributed by atoms with Crippen molar-refractivity contribution in [3.8, 4) is 0 Å². The fraction of sp³-hybridized carbons (Fsp3) is 0.868. The summed E-state index contributed by atoms with van der Waals surface area (Å²) >= 11 is 0. The molecule has 9 heteroatoms. The first-order chi connectivity index (χ1) is 30.3. The summed E-state index contributed by atoms with van der Waals surface area (Å²) < 4.78 is 11.2.